The Morgan fingerprint density at radius 2 is 1.58 bits per heavy atom. The van der Waals surface area contributed by atoms with E-state index in [1.165, 1.54) is 12.1 Å². The van der Waals surface area contributed by atoms with Crippen LogP contribution in [0.2, 0.25) is 5.02 Å². The van der Waals surface area contributed by atoms with Crippen molar-refractivity contribution in [2.45, 2.75) is 0 Å². The lowest BCUT2D eigenvalue weighted by Gasteiger charge is -2.13. The van der Waals surface area contributed by atoms with E-state index in [4.69, 9.17) is 11.6 Å². The van der Waals surface area contributed by atoms with Gasteiger partial charge in [-0.3, -0.25) is 4.98 Å². The maximum Gasteiger partial charge on any atom is 0.161 e. The number of halogens is 2. The van der Waals surface area contributed by atoms with Crippen molar-refractivity contribution in [3.05, 3.63) is 78.0 Å². The molecule has 4 rings (SSSR count). The fraction of sp³-hybridized carbons (Fsp3) is 0. The van der Waals surface area contributed by atoms with Crippen molar-refractivity contribution < 1.29 is 4.39 Å². The van der Waals surface area contributed by atoms with E-state index in [9.17, 15) is 4.39 Å². The first kappa shape index (κ1) is 14.7. The zero-order chi connectivity index (χ0) is 16.5. The van der Waals surface area contributed by atoms with Crippen molar-refractivity contribution in [1.82, 2.24) is 15.0 Å². The molecule has 24 heavy (non-hydrogen) atoms. The molecule has 3 aromatic heterocycles. The number of hydrogen-bond donors (Lipinski definition) is 0. The summed E-state index contributed by atoms with van der Waals surface area (Å²) >= 11 is 6.69. The van der Waals surface area contributed by atoms with Crippen LogP contribution in [-0.2, 0) is 0 Å². The van der Waals surface area contributed by atoms with E-state index in [1.54, 1.807) is 30.7 Å². The molecule has 0 bridgehead atoms. The minimum Gasteiger partial charge on any atom is -0.265 e. The van der Waals surface area contributed by atoms with E-state index in [0.717, 1.165) is 22.1 Å². The lowest BCUT2D eigenvalue weighted by molar-refractivity contribution is 0.628. The molecule has 3 nitrogen and oxygen atoms in total. The quantitative estimate of drug-likeness (QED) is 0.508. The van der Waals surface area contributed by atoms with Crippen molar-refractivity contribution in [2.24, 2.45) is 0 Å². The second-order valence-corrected chi connectivity index (χ2v) is 5.64. The number of fused-ring (bicyclic) bond motifs is 1. The van der Waals surface area contributed by atoms with Gasteiger partial charge in [0, 0.05) is 35.1 Å². The Morgan fingerprint density at radius 1 is 0.833 bits per heavy atom. The van der Waals surface area contributed by atoms with Gasteiger partial charge in [0.15, 0.2) is 5.65 Å². The first-order valence-electron chi connectivity index (χ1n) is 7.34. The van der Waals surface area contributed by atoms with Crippen molar-refractivity contribution in [2.75, 3.05) is 0 Å². The fourth-order valence-electron chi connectivity index (χ4n) is 2.66. The van der Waals surface area contributed by atoms with E-state index in [-0.39, 0.29) is 5.82 Å². The normalized spacial score (nSPS) is 10.9. The van der Waals surface area contributed by atoms with Crippen LogP contribution in [0.5, 0.6) is 0 Å². The predicted octanol–water partition coefficient (Wildman–Crippen LogP) is 5.15. The van der Waals surface area contributed by atoms with Crippen LogP contribution >= 0.6 is 11.6 Å². The monoisotopic (exact) mass is 335 g/mol. The summed E-state index contributed by atoms with van der Waals surface area (Å²) < 4.78 is 13.3. The molecule has 3 heterocycles. The molecule has 1 aromatic carbocycles. The van der Waals surface area contributed by atoms with Gasteiger partial charge in [-0.25, -0.2) is 14.4 Å². The topological polar surface area (TPSA) is 38.7 Å². The van der Waals surface area contributed by atoms with Crippen LogP contribution in [-0.4, -0.2) is 15.0 Å². The lowest BCUT2D eigenvalue weighted by atomic mass is 9.98. The molecule has 0 saturated carbocycles. The van der Waals surface area contributed by atoms with Crippen LogP contribution in [0.15, 0.2) is 67.1 Å². The number of aromatic nitrogens is 3. The minimum absolute atomic E-state index is 0.297. The molecule has 0 aliphatic heterocycles. The molecule has 116 valence electrons. The van der Waals surface area contributed by atoms with E-state index in [1.807, 2.05) is 24.3 Å². The summed E-state index contributed by atoms with van der Waals surface area (Å²) in [4.78, 5) is 13.0. The Bertz CT molecular complexity index is 1020. The van der Waals surface area contributed by atoms with Gasteiger partial charge in [-0.15, -0.1) is 0 Å². The molecule has 5 heteroatoms. The molecule has 0 aliphatic rings. The third-order valence-corrected chi connectivity index (χ3v) is 4.18. The molecular formula is C19H11ClFN3. The van der Waals surface area contributed by atoms with Crippen LogP contribution in [0.3, 0.4) is 0 Å². The summed E-state index contributed by atoms with van der Waals surface area (Å²) in [6.07, 6.45) is 5.08. The van der Waals surface area contributed by atoms with Gasteiger partial charge in [0.25, 0.3) is 0 Å². The molecule has 4 aromatic rings. The molecule has 0 atom stereocenters. The average Bonchev–Trinajstić information content (AvgIpc) is 2.63. The van der Waals surface area contributed by atoms with E-state index >= 15 is 0 Å². The van der Waals surface area contributed by atoms with Gasteiger partial charge in [-0.05, 0) is 54.1 Å². The highest BCUT2D eigenvalue weighted by atomic mass is 35.5. The summed E-state index contributed by atoms with van der Waals surface area (Å²) in [5.74, 6) is -0.297. The predicted molar refractivity (Wildman–Crippen MR) is 93.2 cm³/mol. The minimum atomic E-state index is -0.297. The van der Waals surface area contributed by atoms with E-state index < -0.39 is 0 Å². The van der Waals surface area contributed by atoms with E-state index in [0.29, 0.717) is 16.4 Å². The molecule has 0 spiro atoms. The van der Waals surface area contributed by atoms with Gasteiger partial charge >= 0.3 is 0 Å². The van der Waals surface area contributed by atoms with Gasteiger partial charge in [-0.2, -0.15) is 0 Å². The Hall–Kier alpha value is -2.85. The highest BCUT2D eigenvalue weighted by Crippen LogP contribution is 2.39. The molecule has 0 aliphatic carbocycles. The highest BCUT2D eigenvalue weighted by molar-refractivity contribution is 6.38. The number of hydrogen-bond acceptors (Lipinski definition) is 3. The molecule has 0 amide bonds. The average molecular weight is 336 g/mol. The van der Waals surface area contributed by atoms with Gasteiger partial charge in [0.2, 0.25) is 0 Å². The van der Waals surface area contributed by atoms with Crippen molar-refractivity contribution in [3.63, 3.8) is 0 Å². The number of nitrogens with zero attached hydrogens (tertiary/aromatic N) is 3. The summed E-state index contributed by atoms with van der Waals surface area (Å²) in [7, 11) is 0. The largest absolute Gasteiger partial charge is 0.265 e. The van der Waals surface area contributed by atoms with Gasteiger partial charge < -0.3 is 0 Å². The maximum atomic E-state index is 13.3. The third kappa shape index (κ3) is 2.51. The van der Waals surface area contributed by atoms with E-state index in [2.05, 4.69) is 15.0 Å². The zero-order valence-corrected chi connectivity index (χ0v) is 13.2. The second kappa shape index (κ2) is 5.98. The first-order valence-corrected chi connectivity index (χ1v) is 7.72. The van der Waals surface area contributed by atoms with Gasteiger partial charge in [-0.1, -0.05) is 11.6 Å². The van der Waals surface area contributed by atoms with Crippen LogP contribution in [0.1, 0.15) is 0 Å². The molecule has 0 saturated heterocycles. The zero-order valence-electron chi connectivity index (χ0n) is 12.4. The maximum absolute atomic E-state index is 13.3. The molecule has 0 fully saturated rings. The van der Waals surface area contributed by atoms with Crippen molar-refractivity contribution in [3.8, 4) is 22.4 Å². The first-order chi connectivity index (χ1) is 11.7. The Balaban J connectivity index is 2.09. The van der Waals surface area contributed by atoms with Crippen molar-refractivity contribution >= 4 is 22.6 Å². The van der Waals surface area contributed by atoms with Crippen LogP contribution in [0, 0.1) is 5.82 Å². The summed E-state index contributed by atoms with van der Waals surface area (Å²) in [6.45, 7) is 0. The van der Waals surface area contributed by atoms with Gasteiger partial charge in [0.05, 0.1) is 10.7 Å². The summed E-state index contributed by atoms with van der Waals surface area (Å²) in [6, 6.07) is 13.6. The fourth-order valence-corrected chi connectivity index (χ4v) is 3.00. The SMILES string of the molecule is Fc1ccc(-c2nc3ncccc3c(Cl)c2-c2ccncc2)cc1. The summed E-state index contributed by atoms with van der Waals surface area (Å²) in [5.41, 5.74) is 3.67. The Morgan fingerprint density at radius 3 is 2.33 bits per heavy atom. The second-order valence-electron chi connectivity index (χ2n) is 5.27. The Kier molecular flexibility index (Phi) is 3.67. The van der Waals surface area contributed by atoms with Crippen LogP contribution in [0.25, 0.3) is 33.4 Å². The van der Waals surface area contributed by atoms with Crippen LogP contribution < -0.4 is 0 Å². The lowest BCUT2D eigenvalue weighted by Crippen LogP contribution is -1.95. The molecule has 0 radical (unpaired) electrons. The molecule has 0 unspecified atom stereocenters. The smallest absolute Gasteiger partial charge is 0.161 e. The number of benzene rings is 1. The van der Waals surface area contributed by atoms with Crippen LogP contribution in [0.4, 0.5) is 4.39 Å². The standard InChI is InChI=1S/C19H11ClFN3/c20-17-15-2-1-9-23-19(15)24-18(13-3-5-14(21)6-4-13)16(17)12-7-10-22-11-8-12/h1-11H. The third-order valence-electron chi connectivity index (χ3n) is 3.78. The number of pyridine rings is 3. The van der Waals surface area contributed by atoms with Crippen molar-refractivity contribution in [1.29, 1.82) is 0 Å². The molecular weight excluding hydrogens is 325 g/mol. The Labute approximate surface area is 142 Å². The molecule has 0 N–H and O–H groups in total. The number of rotatable bonds is 2. The highest BCUT2D eigenvalue weighted by Gasteiger charge is 2.17. The van der Waals surface area contributed by atoms with Gasteiger partial charge in [0.1, 0.15) is 5.82 Å². The summed E-state index contributed by atoms with van der Waals surface area (Å²) in [5, 5.41) is 1.34.